The van der Waals surface area contributed by atoms with Gasteiger partial charge in [0.05, 0.1) is 7.11 Å². The van der Waals surface area contributed by atoms with E-state index in [-0.39, 0.29) is 0 Å². The summed E-state index contributed by atoms with van der Waals surface area (Å²) in [6, 6.07) is 6.15. The highest BCUT2D eigenvalue weighted by Crippen LogP contribution is 2.19. The largest absolute Gasteiger partial charge is 0.496 e. The molecule has 3 heteroatoms. The predicted octanol–water partition coefficient (Wildman–Crippen LogP) is 2.95. The second kappa shape index (κ2) is 6.60. The maximum absolute atomic E-state index is 12.1. The minimum absolute atomic E-state index is 0.299. The molecule has 0 atom stereocenters. The van der Waals surface area contributed by atoms with E-state index in [1.165, 1.54) is 12.0 Å². The predicted molar refractivity (Wildman–Crippen MR) is 76.5 cm³/mol. The third-order valence-corrected chi connectivity index (χ3v) is 3.80. The molecule has 1 aliphatic heterocycles. The molecular weight excluding hydrogens is 238 g/mol. The van der Waals surface area contributed by atoms with E-state index in [9.17, 15) is 4.79 Å². The first-order valence-electron chi connectivity index (χ1n) is 7.12. The molecular formula is C16H23NO2. The van der Waals surface area contributed by atoms with Crippen molar-refractivity contribution >= 4 is 5.91 Å². The van der Waals surface area contributed by atoms with Gasteiger partial charge < -0.3 is 9.64 Å². The lowest BCUT2D eigenvalue weighted by Crippen LogP contribution is -2.35. The minimum atomic E-state index is 0.299. The number of benzene rings is 1. The topological polar surface area (TPSA) is 29.5 Å². The zero-order valence-electron chi connectivity index (χ0n) is 11.9. The Kier molecular flexibility index (Phi) is 4.83. The van der Waals surface area contributed by atoms with Gasteiger partial charge in [0.25, 0.3) is 0 Å². The number of nitrogens with zero attached hydrogens (tertiary/aromatic N) is 1. The molecule has 0 aliphatic carbocycles. The summed E-state index contributed by atoms with van der Waals surface area (Å²) in [6.07, 6.45) is 5.02. The van der Waals surface area contributed by atoms with E-state index in [1.807, 2.05) is 17.9 Å². The summed E-state index contributed by atoms with van der Waals surface area (Å²) >= 11 is 0. The van der Waals surface area contributed by atoms with E-state index < -0.39 is 0 Å². The molecule has 1 fully saturated rings. The van der Waals surface area contributed by atoms with E-state index in [4.69, 9.17) is 4.74 Å². The third kappa shape index (κ3) is 3.72. The van der Waals surface area contributed by atoms with Crippen LogP contribution < -0.4 is 4.74 Å². The Labute approximate surface area is 115 Å². The van der Waals surface area contributed by atoms with E-state index >= 15 is 0 Å². The molecule has 1 aromatic carbocycles. The normalized spacial score (nSPS) is 15.4. The number of methoxy groups -OCH3 is 1. The summed E-state index contributed by atoms with van der Waals surface area (Å²) in [5, 5.41) is 0. The summed E-state index contributed by atoms with van der Waals surface area (Å²) in [7, 11) is 1.68. The van der Waals surface area contributed by atoms with Crippen LogP contribution in [0.4, 0.5) is 0 Å². The first-order valence-corrected chi connectivity index (χ1v) is 7.12. The monoisotopic (exact) mass is 261 g/mol. The van der Waals surface area contributed by atoms with Crippen molar-refractivity contribution in [2.45, 2.75) is 39.0 Å². The van der Waals surface area contributed by atoms with Crippen LogP contribution in [0.1, 0.15) is 36.8 Å². The van der Waals surface area contributed by atoms with Crippen LogP contribution in [0, 0.1) is 6.92 Å². The molecule has 104 valence electrons. The molecule has 1 amide bonds. The molecule has 1 saturated heterocycles. The van der Waals surface area contributed by atoms with Gasteiger partial charge in [-0.1, -0.05) is 12.1 Å². The Balaban J connectivity index is 1.87. The van der Waals surface area contributed by atoms with Crippen molar-refractivity contribution in [1.82, 2.24) is 4.90 Å². The van der Waals surface area contributed by atoms with Crippen LogP contribution in [0.25, 0.3) is 0 Å². The van der Waals surface area contributed by atoms with Crippen molar-refractivity contribution in [3.05, 3.63) is 29.3 Å². The fourth-order valence-corrected chi connectivity index (χ4v) is 2.65. The van der Waals surface area contributed by atoms with Crippen molar-refractivity contribution in [3.63, 3.8) is 0 Å². The average molecular weight is 261 g/mol. The van der Waals surface area contributed by atoms with Crippen molar-refractivity contribution in [2.24, 2.45) is 0 Å². The maximum Gasteiger partial charge on any atom is 0.222 e. The van der Waals surface area contributed by atoms with Gasteiger partial charge in [0.15, 0.2) is 0 Å². The van der Waals surface area contributed by atoms with Crippen LogP contribution in [0.5, 0.6) is 5.75 Å². The quantitative estimate of drug-likeness (QED) is 0.834. The summed E-state index contributed by atoms with van der Waals surface area (Å²) in [5.41, 5.74) is 2.34. The fraction of sp³-hybridized carbons (Fsp3) is 0.562. The van der Waals surface area contributed by atoms with Gasteiger partial charge in [0.2, 0.25) is 5.91 Å². The Morgan fingerprint density at radius 1 is 1.26 bits per heavy atom. The molecule has 0 aromatic heterocycles. The summed E-state index contributed by atoms with van der Waals surface area (Å²) < 4.78 is 5.25. The molecule has 0 bridgehead atoms. The Morgan fingerprint density at radius 3 is 2.63 bits per heavy atom. The molecule has 1 aliphatic rings. The van der Waals surface area contributed by atoms with E-state index in [0.717, 1.165) is 43.7 Å². The molecule has 2 rings (SSSR count). The van der Waals surface area contributed by atoms with Crippen LogP contribution >= 0.6 is 0 Å². The standard InChI is InChI=1S/C16H23NO2/c1-13-12-14(6-8-15(13)19-2)7-9-16(18)17-10-4-3-5-11-17/h6,8,12H,3-5,7,9-11H2,1-2H3. The van der Waals surface area contributed by atoms with E-state index in [1.54, 1.807) is 7.11 Å². The smallest absolute Gasteiger partial charge is 0.222 e. The van der Waals surface area contributed by atoms with Crippen LogP contribution in [0.15, 0.2) is 18.2 Å². The maximum atomic E-state index is 12.1. The summed E-state index contributed by atoms with van der Waals surface area (Å²) in [6.45, 7) is 3.93. The fourth-order valence-electron chi connectivity index (χ4n) is 2.65. The molecule has 0 spiro atoms. The lowest BCUT2D eigenvalue weighted by molar-refractivity contribution is -0.132. The Morgan fingerprint density at radius 2 is 2.00 bits per heavy atom. The Hall–Kier alpha value is -1.51. The number of ether oxygens (including phenoxy) is 1. The zero-order valence-corrected chi connectivity index (χ0v) is 11.9. The number of likely N-dealkylation sites (tertiary alicyclic amines) is 1. The minimum Gasteiger partial charge on any atom is -0.496 e. The second-order valence-corrected chi connectivity index (χ2v) is 5.25. The molecule has 0 saturated carbocycles. The van der Waals surface area contributed by atoms with Gasteiger partial charge in [-0.3, -0.25) is 4.79 Å². The van der Waals surface area contributed by atoms with E-state index in [2.05, 4.69) is 12.1 Å². The summed E-state index contributed by atoms with van der Waals surface area (Å²) in [5.74, 6) is 1.21. The van der Waals surface area contributed by atoms with Crippen LogP contribution in [-0.2, 0) is 11.2 Å². The average Bonchev–Trinajstić information content (AvgIpc) is 2.46. The number of piperidine rings is 1. The lowest BCUT2D eigenvalue weighted by Gasteiger charge is -2.26. The number of carbonyl (C=O) groups is 1. The summed E-state index contributed by atoms with van der Waals surface area (Å²) in [4.78, 5) is 14.1. The van der Waals surface area contributed by atoms with Crippen LogP contribution in [-0.4, -0.2) is 31.0 Å². The number of rotatable bonds is 4. The first-order chi connectivity index (χ1) is 9.20. The first kappa shape index (κ1) is 13.9. The highest BCUT2D eigenvalue weighted by atomic mass is 16.5. The van der Waals surface area contributed by atoms with Gasteiger partial charge in [-0.2, -0.15) is 0 Å². The Bertz CT molecular complexity index is 436. The molecule has 1 heterocycles. The number of aryl methyl sites for hydroxylation is 2. The van der Waals surface area contributed by atoms with Crippen molar-refractivity contribution in [2.75, 3.05) is 20.2 Å². The number of carbonyl (C=O) groups excluding carboxylic acids is 1. The number of amides is 1. The van der Waals surface area contributed by atoms with Gasteiger partial charge in [-0.25, -0.2) is 0 Å². The molecule has 0 radical (unpaired) electrons. The van der Waals surface area contributed by atoms with E-state index in [0.29, 0.717) is 12.3 Å². The number of hydrogen-bond donors (Lipinski definition) is 0. The molecule has 0 N–H and O–H groups in total. The van der Waals surface area contributed by atoms with Gasteiger partial charge >= 0.3 is 0 Å². The SMILES string of the molecule is COc1ccc(CCC(=O)N2CCCCC2)cc1C. The van der Waals surface area contributed by atoms with Gasteiger partial charge in [-0.15, -0.1) is 0 Å². The molecule has 1 aromatic rings. The van der Waals surface area contributed by atoms with Gasteiger partial charge in [0, 0.05) is 19.5 Å². The van der Waals surface area contributed by atoms with Crippen molar-refractivity contribution in [3.8, 4) is 5.75 Å². The second-order valence-electron chi connectivity index (χ2n) is 5.25. The van der Waals surface area contributed by atoms with Crippen molar-refractivity contribution in [1.29, 1.82) is 0 Å². The van der Waals surface area contributed by atoms with Gasteiger partial charge in [-0.05, 0) is 49.8 Å². The van der Waals surface area contributed by atoms with Crippen LogP contribution in [0.2, 0.25) is 0 Å². The highest BCUT2D eigenvalue weighted by Gasteiger charge is 2.16. The molecule has 19 heavy (non-hydrogen) atoms. The van der Waals surface area contributed by atoms with Crippen molar-refractivity contribution < 1.29 is 9.53 Å². The third-order valence-electron chi connectivity index (χ3n) is 3.80. The zero-order chi connectivity index (χ0) is 13.7. The van der Waals surface area contributed by atoms with Crippen LogP contribution in [0.3, 0.4) is 0 Å². The lowest BCUT2D eigenvalue weighted by atomic mass is 10.0. The highest BCUT2D eigenvalue weighted by molar-refractivity contribution is 5.76. The molecule has 3 nitrogen and oxygen atoms in total. The number of hydrogen-bond acceptors (Lipinski definition) is 2. The van der Waals surface area contributed by atoms with Gasteiger partial charge in [0.1, 0.15) is 5.75 Å². The molecule has 0 unspecified atom stereocenters.